The summed E-state index contributed by atoms with van der Waals surface area (Å²) < 4.78 is 33.7. The number of aromatic nitrogens is 5. The zero-order valence-electron chi connectivity index (χ0n) is 24.6. The Morgan fingerprint density at radius 3 is 2.67 bits per heavy atom. The van der Waals surface area contributed by atoms with Crippen molar-refractivity contribution < 1.29 is 18.3 Å². The fourth-order valence-electron chi connectivity index (χ4n) is 5.35. The molecule has 0 bridgehead atoms. The Labute approximate surface area is 253 Å². The highest BCUT2D eigenvalue weighted by Gasteiger charge is 2.56. The zero-order valence-corrected chi connectivity index (χ0v) is 25.3. The molecule has 2 aliphatic rings. The molecule has 0 radical (unpaired) electrons. The molecule has 1 aliphatic carbocycles. The van der Waals surface area contributed by atoms with Gasteiger partial charge in [0.15, 0.2) is 0 Å². The van der Waals surface area contributed by atoms with Crippen molar-refractivity contribution in [3.05, 3.63) is 53.4 Å². The number of fused-ring (bicyclic) bond motifs is 1. The number of hydrogen-bond donors (Lipinski definition) is 2. The lowest BCUT2D eigenvalue weighted by Crippen LogP contribution is -2.50. The first kappa shape index (κ1) is 29.3. The highest BCUT2D eigenvalue weighted by atomic mass is 35.5. The van der Waals surface area contributed by atoms with E-state index in [1.54, 1.807) is 28.2 Å². The quantitative estimate of drug-likeness (QED) is 0.246. The van der Waals surface area contributed by atoms with Crippen LogP contribution in [0.1, 0.15) is 45.7 Å². The van der Waals surface area contributed by atoms with E-state index in [1.165, 1.54) is 0 Å². The number of carbonyl (C=O) groups is 1. The second-order valence-electron chi connectivity index (χ2n) is 12.3. The van der Waals surface area contributed by atoms with Crippen molar-refractivity contribution in [2.45, 2.75) is 58.2 Å². The molecular weight excluding hydrogens is 578 g/mol. The van der Waals surface area contributed by atoms with Gasteiger partial charge in [-0.3, -0.25) is 9.58 Å². The number of halogens is 3. The number of imidazole rings is 1. The van der Waals surface area contributed by atoms with Crippen LogP contribution in [0.5, 0.6) is 0 Å². The van der Waals surface area contributed by atoms with Crippen LogP contribution in [0.25, 0.3) is 22.2 Å². The van der Waals surface area contributed by atoms with E-state index in [9.17, 15) is 13.6 Å². The summed E-state index contributed by atoms with van der Waals surface area (Å²) >= 11 is 6.76. The summed E-state index contributed by atoms with van der Waals surface area (Å²) in [5, 5.41) is 7.94. The van der Waals surface area contributed by atoms with Gasteiger partial charge in [0.25, 0.3) is 5.92 Å². The largest absolute Gasteiger partial charge is 0.444 e. The Bertz CT molecular complexity index is 1640. The van der Waals surface area contributed by atoms with Gasteiger partial charge in [0.2, 0.25) is 5.95 Å². The molecular formula is C30H35ClF2N8O2. The van der Waals surface area contributed by atoms with Crippen LogP contribution >= 0.6 is 11.6 Å². The maximum absolute atomic E-state index is 13.3. The molecule has 1 saturated heterocycles. The standard InChI is InChI=1S/C30H35ClF2N8O2/c1-18(39-9-11-40(12-10-39)28(42)43-29(2,3)4)19-7-8-34-24(13-19)37-27-36-23-6-5-22(25(31)26(23)38-27)20-15-35-41(16-20)17-21-14-30(21,32)33/h5-8,13,15-16,18,21H,9-12,14,17H2,1-4H3,(H2,34,36,37,38). The Kier molecular flexibility index (Phi) is 7.54. The first-order chi connectivity index (χ1) is 20.4. The molecule has 1 aromatic carbocycles. The summed E-state index contributed by atoms with van der Waals surface area (Å²) in [5.74, 6) is -2.14. The molecule has 1 saturated carbocycles. The first-order valence-corrected chi connectivity index (χ1v) is 14.8. The lowest BCUT2D eigenvalue weighted by Gasteiger charge is -2.38. The maximum atomic E-state index is 13.3. The van der Waals surface area contributed by atoms with Gasteiger partial charge in [-0.25, -0.2) is 23.5 Å². The van der Waals surface area contributed by atoms with E-state index >= 15 is 0 Å². The molecule has 13 heteroatoms. The number of H-pyrrole nitrogens is 1. The number of pyridine rings is 1. The summed E-state index contributed by atoms with van der Waals surface area (Å²) in [5.41, 5.74) is 3.36. The summed E-state index contributed by atoms with van der Waals surface area (Å²) in [6.45, 7) is 10.6. The number of anilines is 2. The van der Waals surface area contributed by atoms with Gasteiger partial charge >= 0.3 is 6.09 Å². The number of nitrogens with one attached hydrogen (secondary N) is 2. The molecule has 4 heterocycles. The van der Waals surface area contributed by atoms with Gasteiger partial charge in [-0.05, 0) is 51.5 Å². The van der Waals surface area contributed by atoms with E-state index in [0.717, 1.165) is 35.3 Å². The molecule has 3 aromatic heterocycles. The van der Waals surface area contributed by atoms with Crippen molar-refractivity contribution in [3.8, 4) is 11.1 Å². The van der Waals surface area contributed by atoms with Gasteiger partial charge in [0.05, 0.1) is 16.7 Å². The Hall–Kier alpha value is -3.77. The van der Waals surface area contributed by atoms with E-state index < -0.39 is 17.4 Å². The minimum absolute atomic E-state index is 0.0958. The number of piperazine rings is 1. The fraction of sp³-hybridized carbons (Fsp3) is 0.467. The average molecular weight is 613 g/mol. The Morgan fingerprint density at radius 1 is 1.23 bits per heavy atom. The van der Waals surface area contributed by atoms with Crippen LogP contribution in [0.4, 0.5) is 25.3 Å². The SMILES string of the molecule is CC(c1ccnc(Nc2nc3c(Cl)c(-c4cnn(CC5CC5(F)F)c4)ccc3[nH]2)c1)N1CCN(C(=O)OC(C)(C)C)CC1. The number of hydrogen-bond acceptors (Lipinski definition) is 7. The second-order valence-corrected chi connectivity index (χ2v) is 12.7. The fourth-order valence-corrected chi connectivity index (χ4v) is 5.66. The predicted octanol–water partition coefficient (Wildman–Crippen LogP) is 6.49. The normalized spacial score (nSPS) is 19.4. The summed E-state index contributed by atoms with van der Waals surface area (Å²) in [6, 6.07) is 7.84. The van der Waals surface area contributed by atoms with Gasteiger partial charge in [-0.15, -0.1) is 0 Å². The van der Waals surface area contributed by atoms with E-state index in [2.05, 4.69) is 37.2 Å². The molecule has 2 N–H and O–H groups in total. The number of carbonyl (C=O) groups excluding carboxylic acids is 1. The molecule has 1 amide bonds. The lowest BCUT2D eigenvalue weighted by molar-refractivity contribution is 0.0110. The third-order valence-electron chi connectivity index (χ3n) is 7.93. The average Bonchev–Trinajstić information content (AvgIpc) is 3.28. The van der Waals surface area contributed by atoms with Gasteiger partial charge in [0, 0.05) is 74.6 Å². The van der Waals surface area contributed by atoms with Gasteiger partial charge in [-0.2, -0.15) is 5.10 Å². The topological polar surface area (TPSA) is 104 Å². The van der Waals surface area contributed by atoms with Crippen LogP contribution in [0.3, 0.4) is 0 Å². The van der Waals surface area contributed by atoms with Crippen molar-refractivity contribution in [3.63, 3.8) is 0 Å². The molecule has 43 heavy (non-hydrogen) atoms. The second kappa shape index (κ2) is 11.1. The minimum Gasteiger partial charge on any atom is -0.444 e. The third-order valence-corrected chi connectivity index (χ3v) is 8.31. The van der Waals surface area contributed by atoms with Crippen LogP contribution in [0.2, 0.25) is 5.02 Å². The van der Waals surface area contributed by atoms with E-state index in [1.807, 2.05) is 45.0 Å². The number of aromatic amines is 1. The van der Waals surface area contributed by atoms with Crippen molar-refractivity contribution in [2.75, 3.05) is 31.5 Å². The molecule has 4 aromatic rings. The van der Waals surface area contributed by atoms with Crippen LogP contribution in [0.15, 0.2) is 42.9 Å². The maximum Gasteiger partial charge on any atom is 0.410 e. The smallest absolute Gasteiger partial charge is 0.410 e. The van der Waals surface area contributed by atoms with E-state index in [4.69, 9.17) is 16.3 Å². The molecule has 2 atom stereocenters. The summed E-state index contributed by atoms with van der Waals surface area (Å²) in [4.78, 5) is 28.9. The summed E-state index contributed by atoms with van der Waals surface area (Å²) in [7, 11) is 0. The van der Waals surface area contributed by atoms with Gasteiger partial charge < -0.3 is 19.9 Å². The highest BCUT2D eigenvalue weighted by molar-refractivity contribution is 6.37. The van der Waals surface area contributed by atoms with Crippen molar-refractivity contribution in [2.24, 2.45) is 5.92 Å². The molecule has 2 fully saturated rings. The van der Waals surface area contributed by atoms with Crippen LogP contribution in [0, 0.1) is 5.92 Å². The van der Waals surface area contributed by atoms with Crippen molar-refractivity contribution >= 4 is 40.5 Å². The van der Waals surface area contributed by atoms with Crippen LogP contribution < -0.4 is 5.32 Å². The Balaban J connectivity index is 1.11. The van der Waals surface area contributed by atoms with Crippen molar-refractivity contribution in [1.29, 1.82) is 0 Å². The molecule has 1 aliphatic heterocycles. The molecule has 10 nitrogen and oxygen atoms in total. The molecule has 0 spiro atoms. The minimum atomic E-state index is -2.59. The third kappa shape index (κ3) is 6.45. The number of nitrogens with zero attached hydrogens (tertiary/aromatic N) is 6. The molecule has 228 valence electrons. The van der Waals surface area contributed by atoms with Crippen LogP contribution in [-0.2, 0) is 11.3 Å². The Morgan fingerprint density at radius 2 is 1.98 bits per heavy atom. The number of alkyl halides is 2. The molecule has 6 rings (SSSR count). The zero-order chi connectivity index (χ0) is 30.5. The number of rotatable bonds is 7. The van der Waals surface area contributed by atoms with Gasteiger partial charge in [0.1, 0.15) is 16.9 Å². The van der Waals surface area contributed by atoms with Crippen LogP contribution in [-0.4, -0.2) is 78.3 Å². The number of amides is 1. The predicted molar refractivity (Wildman–Crippen MR) is 161 cm³/mol. The van der Waals surface area contributed by atoms with E-state index in [0.29, 0.717) is 35.4 Å². The number of ether oxygens (including phenoxy) is 1. The summed E-state index contributed by atoms with van der Waals surface area (Å²) in [6.07, 6.45) is 4.76. The van der Waals surface area contributed by atoms with E-state index in [-0.39, 0.29) is 25.1 Å². The lowest BCUT2D eigenvalue weighted by atomic mass is 10.1. The monoisotopic (exact) mass is 612 g/mol. The number of benzene rings is 1. The first-order valence-electron chi connectivity index (χ1n) is 14.4. The van der Waals surface area contributed by atoms with Crippen molar-refractivity contribution in [1.82, 2.24) is 34.5 Å². The molecule has 2 unspecified atom stereocenters. The van der Waals surface area contributed by atoms with Gasteiger partial charge in [-0.1, -0.05) is 17.7 Å². The highest BCUT2D eigenvalue weighted by Crippen LogP contribution is 2.49.